The summed E-state index contributed by atoms with van der Waals surface area (Å²) in [4.78, 5) is 13.7. The third-order valence-electron chi connectivity index (χ3n) is 3.91. The first-order valence-corrected chi connectivity index (χ1v) is 7.81. The SMILES string of the molecule is CCOc1nc(OCC)c2ccc3nc(C)nc4ccc1c2c43. The Balaban J connectivity index is 2.22. The predicted octanol–water partition coefficient (Wildman–Crippen LogP) is 3.87. The van der Waals surface area contributed by atoms with Gasteiger partial charge in [0.05, 0.1) is 24.2 Å². The van der Waals surface area contributed by atoms with E-state index in [1.54, 1.807) is 0 Å². The zero-order valence-corrected chi connectivity index (χ0v) is 13.4. The Bertz CT molecular complexity index is 940. The normalized spacial score (nSPS) is 11.6. The third kappa shape index (κ3) is 2.04. The van der Waals surface area contributed by atoms with E-state index in [4.69, 9.17) is 9.47 Å². The first-order chi connectivity index (χ1) is 11.2. The Hall–Kier alpha value is -2.69. The molecule has 0 radical (unpaired) electrons. The molecule has 0 saturated heterocycles. The molecule has 0 spiro atoms. The molecule has 0 aliphatic heterocycles. The fourth-order valence-electron chi connectivity index (χ4n) is 3.08. The highest BCUT2D eigenvalue weighted by atomic mass is 16.5. The van der Waals surface area contributed by atoms with Crippen molar-refractivity contribution in [3.8, 4) is 11.8 Å². The van der Waals surface area contributed by atoms with Crippen molar-refractivity contribution in [2.75, 3.05) is 13.2 Å². The summed E-state index contributed by atoms with van der Waals surface area (Å²) in [5.41, 5.74) is 1.86. The van der Waals surface area contributed by atoms with Gasteiger partial charge in [0.2, 0.25) is 11.8 Å². The second-order valence-electron chi connectivity index (χ2n) is 5.37. The van der Waals surface area contributed by atoms with Crippen LogP contribution >= 0.6 is 0 Å². The Morgan fingerprint density at radius 3 is 1.74 bits per heavy atom. The number of pyridine rings is 1. The fraction of sp³-hybridized carbons (Fsp3) is 0.278. The summed E-state index contributed by atoms with van der Waals surface area (Å²) >= 11 is 0. The largest absolute Gasteiger partial charge is 0.477 e. The summed E-state index contributed by atoms with van der Waals surface area (Å²) in [6.45, 7) is 6.92. The van der Waals surface area contributed by atoms with Crippen LogP contribution in [-0.4, -0.2) is 28.2 Å². The maximum atomic E-state index is 5.74. The van der Waals surface area contributed by atoms with Crippen LogP contribution in [0.4, 0.5) is 0 Å². The van der Waals surface area contributed by atoms with Crippen molar-refractivity contribution in [1.82, 2.24) is 15.0 Å². The van der Waals surface area contributed by atoms with Crippen molar-refractivity contribution in [3.05, 3.63) is 30.1 Å². The van der Waals surface area contributed by atoms with E-state index in [0.29, 0.717) is 25.0 Å². The first-order valence-electron chi connectivity index (χ1n) is 7.81. The standard InChI is InChI=1S/C18H17N3O2/c1-4-22-17-11-6-8-13-16-14(20-10(3)19-13)9-7-12(15(11)16)18(21-17)23-5-2/h6-9H,4-5H2,1-3H3. The number of ether oxygens (including phenoxy) is 2. The molecule has 0 aliphatic rings. The molecular formula is C18H17N3O2. The molecule has 0 saturated carbocycles. The molecule has 23 heavy (non-hydrogen) atoms. The number of benzene rings is 2. The van der Waals surface area contributed by atoms with Crippen LogP contribution in [0.3, 0.4) is 0 Å². The van der Waals surface area contributed by atoms with Crippen LogP contribution < -0.4 is 9.47 Å². The summed E-state index contributed by atoms with van der Waals surface area (Å²) in [5.74, 6) is 1.96. The lowest BCUT2D eigenvalue weighted by molar-refractivity contribution is 0.305. The number of aromatic nitrogens is 3. The van der Waals surface area contributed by atoms with Gasteiger partial charge in [0, 0.05) is 21.5 Å². The van der Waals surface area contributed by atoms with E-state index in [-0.39, 0.29) is 0 Å². The molecule has 2 aromatic heterocycles. The molecule has 0 atom stereocenters. The van der Waals surface area contributed by atoms with Gasteiger partial charge in [0.25, 0.3) is 0 Å². The van der Waals surface area contributed by atoms with Crippen molar-refractivity contribution in [1.29, 1.82) is 0 Å². The predicted molar refractivity (Wildman–Crippen MR) is 90.6 cm³/mol. The zero-order valence-electron chi connectivity index (χ0n) is 13.4. The molecule has 0 fully saturated rings. The van der Waals surface area contributed by atoms with Crippen LogP contribution in [0.15, 0.2) is 24.3 Å². The second-order valence-corrected chi connectivity index (χ2v) is 5.37. The van der Waals surface area contributed by atoms with Crippen molar-refractivity contribution < 1.29 is 9.47 Å². The Morgan fingerprint density at radius 2 is 1.26 bits per heavy atom. The van der Waals surface area contributed by atoms with E-state index in [1.165, 1.54) is 0 Å². The van der Waals surface area contributed by atoms with Gasteiger partial charge < -0.3 is 9.47 Å². The molecule has 5 nitrogen and oxygen atoms in total. The minimum atomic E-state index is 0.554. The van der Waals surface area contributed by atoms with Crippen molar-refractivity contribution in [2.24, 2.45) is 0 Å². The van der Waals surface area contributed by atoms with Crippen molar-refractivity contribution in [2.45, 2.75) is 20.8 Å². The van der Waals surface area contributed by atoms with Gasteiger partial charge in [0.1, 0.15) is 5.82 Å². The average Bonchev–Trinajstić information content (AvgIpc) is 2.54. The maximum absolute atomic E-state index is 5.74. The number of hydrogen-bond donors (Lipinski definition) is 0. The minimum absolute atomic E-state index is 0.554. The fourth-order valence-corrected chi connectivity index (χ4v) is 3.08. The Labute approximate surface area is 133 Å². The van der Waals surface area contributed by atoms with Crippen molar-refractivity contribution in [3.63, 3.8) is 0 Å². The molecule has 0 bridgehead atoms. The van der Waals surface area contributed by atoms with Gasteiger partial charge in [-0.25, -0.2) is 9.97 Å². The summed E-state index contributed by atoms with van der Waals surface area (Å²) in [6.07, 6.45) is 0. The number of hydrogen-bond acceptors (Lipinski definition) is 5. The molecule has 4 rings (SSSR count). The van der Waals surface area contributed by atoms with E-state index in [2.05, 4.69) is 15.0 Å². The monoisotopic (exact) mass is 307 g/mol. The molecule has 116 valence electrons. The second kappa shape index (κ2) is 5.19. The van der Waals surface area contributed by atoms with E-state index < -0.39 is 0 Å². The minimum Gasteiger partial charge on any atom is -0.477 e. The highest BCUT2D eigenvalue weighted by Crippen LogP contribution is 2.40. The van der Waals surface area contributed by atoms with Crippen LogP contribution in [0.2, 0.25) is 0 Å². The molecule has 2 heterocycles. The van der Waals surface area contributed by atoms with Gasteiger partial charge in [-0.3, -0.25) is 0 Å². The maximum Gasteiger partial charge on any atom is 0.224 e. The smallest absolute Gasteiger partial charge is 0.224 e. The molecule has 0 aliphatic carbocycles. The third-order valence-corrected chi connectivity index (χ3v) is 3.91. The molecule has 0 unspecified atom stereocenters. The topological polar surface area (TPSA) is 57.1 Å². The van der Waals surface area contributed by atoms with Crippen LogP contribution in [0.5, 0.6) is 11.8 Å². The van der Waals surface area contributed by atoms with Crippen LogP contribution in [0.1, 0.15) is 19.7 Å². The summed E-state index contributed by atoms with van der Waals surface area (Å²) in [5, 5.41) is 4.03. The number of nitrogens with zero attached hydrogens (tertiary/aromatic N) is 3. The van der Waals surface area contributed by atoms with Crippen LogP contribution in [0.25, 0.3) is 32.6 Å². The number of rotatable bonds is 4. The van der Waals surface area contributed by atoms with Gasteiger partial charge in [-0.2, -0.15) is 4.98 Å². The molecule has 4 aromatic rings. The molecule has 2 aromatic carbocycles. The lowest BCUT2D eigenvalue weighted by atomic mass is 10.00. The highest BCUT2D eigenvalue weighted by Gasteiger charge is 2.18. The lowest BCUT2D eigenvalue weighted by Crippen LogP contribution is -2.02. The number of aryl methyl sites for hydroxylation is 1. The van der Waals surface area contributed by atoms with E-state index in [1.807, 2.05) is 45.0 Å². The quantitative estimate of drug-likeness (QED) is 0.536. The van der Waals surface area contributed by atoms with Crippen LogP contribution in [0, 0.1) is 6.92 Å². The average molecular weight is 307 g/mol. The summed E-state index contributed by atoms with van der Waals surface area (Å²) in [6, 6.07) is 8.04. The Kier molecular flexibility index (Phi) is 3.15. The summed E-state index contributed by atoms with van der Waals surface area (Å²) < 4.78 is 11.5. The zero-order chi connectivity index (χ0) is 16.0. The lowest BCUT2D eigenvalue weighted by Gasteiger charge is -2.15. The van der Waals surface area contributed by atoms with E-state index in [0.717, 1.165) is 38.4 Å². The first kappa shape index (κ1) is 13.9. The highest BCUT2D eigenvalue weighted by molar-refractivity contribution is 6.23. The van der Waals surface area contributed by atoms with E-state index in [9.17, 15) is 0 Å². The van der Waals surface area contributed by atoms with Gasteiger partial charge in [-0.15, -0.1) is 0 Å². The molecule has 5 heteroatoms. The molecule has 0 N–H and O–H groups in total. The van der Waals surface area contributed by atoms with Gasteiger partial charge in [-0.1, -0.05) is 0 Å². The van der Waals surface area contributed by atoms with E-state index >= 15 is 0 Å². The van der Waals surface area contributed by atoms with Crippen molar-refractivity contribution >= 4 is 32.6 Å². The summed E-state index contributed by atoms with van der Waals surface area (Å²) in [7, 11) is 0. The molecule has 0 amide bonds. The molecular weight excluding hydrogens is 290 g/mol. The van der Waals surface area contributed by atoms with Gasteiger partial charge >= 0.3 is 0 Å². The van der Waals surface area contributed by atoms with Gasteiger partial charge in [0.15, 0.2) is 0 Å². The Morgan fingerprint density at radius 1 is 0.739 bits per heavy atom. The van der Waals surface area contributed by atoms with Crippen LogP contribution in [-0.2, 0) is 0 Å². The van der Waals surface area contributed by atoms with Gasteiger partial charge in [-0.05, 0) is 45.0 Å².